The third kappa shape index (κ3) is 4.50. The summed E-state index contributed by atoms with van der Waals surface area (Å²) >= 11 is 0. The zero-order valence-corrected chi connectivity index (χ0v) is 11.8. The summed E-state index contributed by atoms with van der Waals surface area (Å²) in [6.07, 6.45) is 2.65. The minimum Gasteiger partial charge on any atom is -0.478 e. The molecule has 0 fully saturated rings. The zero-order chi connectivity index (χ0) is 16.8. The number of rotatable bonds is 5. The zero-order valence-electron chi connectivity index (χ0n) is 11.8. The number of benzene rings is 2. The minimum absolute atomic E-state index is 0.0606. The number of non-ortho nitro benzene ring substituents is 1. The fraction of sp³-hybridized carbons (Fsp3) is 0. The molecule has 2 aromatic rings. The number of carbonyl (C=O) groups excluding carboxylic acids is 1. The number of aromatic carboxylic acids is 1. The van der Waals surface area contributed by atoms with E-state index in [9.17, 15) is 19.7 Å². The molecule has 0 atom stereocenters. The Balaban J connectivity index is 2.07. The van der Waals surface area contributed by atoms with E-state index < -0.39 is 16.8 Å². The third-order valence-electron chi connectivity index (χ3n) is 2.89. The average molecular weight is 312 g/mol. The molecule has 7 heteroatoms. The van der Waals surface area contributed by atoms with Crippen LogP contribution in [0.15, 0.2) is 54.6 Å². The van der Waals surface area contributed by atoms with Gasteiger partial charge < -0.3 is 10.4 Å². The van der Waals surface area contributed by atoms with Gasteiger partial charge in [0.05, 0.1) is 10.5 Å². The molecule has 0 saturated heterocycles. The molecule has 2 N–H and O–H groups in total. The van der Waals surface area contributed by atoms with Crippen molar-refractivity contribution in [2.45, 2.75) is 0 Å². The van der Waals surface area contributed by atoms with Crippen molar-refractivity contribution in [1.29, 1.82) is 0 Å². The molecule has 0 radical (unpaired) electrons. The van der Waals surface area contributed by atoms with Gasteiger partial charge in [-0.15, -0.1) is 0 Å². The summed E-state index contributed by atoms with van der Waals surface area (Å²) in [6, 6.07) is 11.7. The molecule has 0 aliphatic rings. The summed E-state index contributed by atoms with van der Waals surface area (Å²) in [5.74, 6) is -1.56. The molecule has 2 rings (SSSR count). The van der Waals surface area contributed by atoms with Crippen molar-refractivity contribution in [1.82, 2.24) is 0 Å². The topological polar surface area (TPSA) is 110 Å². The highest BCUT2D eigenvalue weighted by atomic mass is 16.6. The van der Waals surface area contributed by atoms with Gasteiger partial charge in [-0.25, -0.2) is 4.79 Å². The van der Waals surface area contributed by atoms with E-state index >= 15 is 0 Å². The van der Waals surface area contributed by atoms with Gasteiger partial charge in [-0.1, -0.05) is 18.2 Å². The molecule has 0 bridgehead atoms. The number of amides is 1. The van der Waals surface area contributed by atoms with Crippen LogP contribution >= 0.6 is 0 Å². The van der Waals surface area contributed by atoms with Crippen molar-refractivity contribution in [2.24, 2.45) is 0 Å². The second kappa shape index (κ2) is 6.99. The first-order valence-electron chi connectivity index (χ1n) is 6.52. The Labute approximate surface area is 131 Å². The molecule has 0 aliphatic carbocycles. The molecule has 23 heavy (non-hydrogen) atoms. The second-order valence-electron chi connectivity index (χ2n) is 4.56. The van der Waals surface area contributed by atoms with E-state index in [1.807, 2.05) is 0 Å². The molecular weight excluding hydrogens is 300 g/mol. The smallest absolute Gasteiger partial charge is 0.335 e. The number of nitrogens with one attached hydrogen (secondary N) is 1. The Morgan fingerprint density at radius 3 is 2.57 bits per heavy atom. The number of carboxylic acids is 1. The van der Waals surface area contributed by atoms with Crippen LogP contribution in [0.25, 0.3) is 6.08 Å². The van der Waals surface area contributed by atoms with Gasteiger partial charge in [0.15, 0.2) is 0 Å². The first kappa shape index (κ1) is 15.9. The highest BCUT2D eigenvalue weighted by Crippen LogP contribution is 2.14. The van der Waals surface area contributed by atoms with Crippen LogP contribution in [0.1, 0.15) is 15.9 Å². The van der Waals surface area contributed by atoms with Crippen molar-refractivity contribution in [2.75, 3.05) is 5.32 Å². The van der Waals surface area contributed by atoms with Gasteiger partial charge in [-0.3, -0.25) is 14.9 Å². The van der Waals surface area contributed by atoms with Crippen LogP contribution in [0.5, 0.6) is 0 Å². The van der Waals surface area contributed by atoms with Gasteiger partial charge >= 0.3 is 5.97 Å². The maximum absolute atomic E-state index is 11.8. The molecule has 0 heterocycles. The van der Waals surface area contributed by atoms with Crippen molar-refractivity contribution < 1.29 is 19.6 Å². The Bertz CT molecular complexity index is 799. The highest BCUT2D eigenvalue weighted by Gasteiger charge is 2.06. The van der Waals surface area contributed by atoms with Gasteiger partial charge in [0.2, 0.25) is 5.91 Å². The normalized spacial score (nSPS) is 10.4. The number of anilines is 1. The Kier molecular flexibility index (Phi) is 4.83. The summed E-state index contributed by atoms with van der Waals surface area (Å²) in [7, 11) is 0. The van der Waals surface area contributed by atoms with Gasteiger partial charge in [0.25, 0.3) is 5.69 Å². The van der Waals surface area contributed by atoms with Crippen molar-refractivity contribution >= 4 is 29.3 Å². The fourth-order valence-electron chi connectivity index (χ4n) is 1.83. The van der Waals surface area contributed by atoms with E-state index in [2.05, 4.69) is 5.32 Å². The summed E-state index contributed by atoms with van der Waals surface area (Å²) in [4.78, 5) is 32.8. The van der Waals surface area contributed by atoms with E-state index in [-0.39, 0.29) is 11.3 Å². The SMILES string of the molecule is O=C(/C=C/c1cccc([N+](=O)[O-])c1)Nc1cccc(C(=O)O)c1. The number of nitro groups is 1. The Morgan fingerprint density at radius 2 is 1.87 bits per heavy atom. The van der Waals surface area contributed by atoms with Crippen LogP contribution < -0.4 is 5.32 Å². The summed E-state index contributed by atoms with van der Waals surface area (Å²) < 4.78 is 0. The average Bonchev–Trinajstić information content (AvgIpc) is 2.53. The molecular formula is C16H12N2O5. The van der Waals surface area contributed by atoms with Crippen LogP contribution in [-0.4, -0.2) is 21.9 Å². The van der Waals surface area contributed by atoms with Crippen LogP contribution in [0.4, 0.5) is 11.4 Å². The third-order valence-corrected chi connectivity index (χ3v) is 2.89. The Morgan fingerprint density at radius 1 is 1.13 bits per heavy atom. The maximum atomic E-state index is 11.8. The van der Waals surface area contributed by atoms with Crippen molar-refractivity contribution in [3.63, 3.8) is 0 Å². The van der Waals surface area contributed by atoms with E-state index in [4.69, 9.17) is 5.11 Å². The number of hydrogen-bond acceptors (Lipinski definition) is 4. The largest absolute Gasteiger partial charge is 0.478 e. The van der Waals surface area contributed by atoms with E-state index in [1.165, 1.54) is 48.6 Å². The monoisotopic (exact) mass is 312 g/mol. The maximum Gasteiger partial charge on any atom is 0.335 e. The number of carboxylic acid groups (broad SMARTS) is 1. The molecule has 0 aliphatic heterocycles. The molecule has 0 spiro atoms. The van der Waals surface area contributed by atoms with Crippen LogP contribution in [-0.2, 0) is 4.79 Å². The standard InChI is InChI=1S/C16H12N2O5/c19-15(17-13-5-2-4-12(10-13)16(20)21)8-7-11-3-1-6-14(9-11)18(22)23/h1-10H,(H,17,19)(H,20,21)/b8-7+. The molecule has 7 nitrogen and oxygen atoms in total. The molecule has 0 saturated carbocycles. The van der Waals surface area contributed by atoms with E-state index in [1.54, 1.807) is 12.1 Å². The predicted molar refractivity (Wildman–Crippen MR) is 84.2 cm³/mol. The van der Waals surface area contributed by atoms with Crippen molar-refractivity contribution in [3.05, 3.63) is 75.8 Å². The lowest BCUT2D eigenvalue weighted by molar-refractivity contribution is -0.384. The number of carbonyl (C=O) groups is 2. The quantitative estimate of drug-likeness (QED) is 0.501. The first-order chi connectivity index (χ1) is 11.0. The van der Waals surface area contributed by atoms with E-state index in [0.29, 0.717) is 11.3 Å². The van der Waals surface area contributed by atoms with E-state index in [0.717, 1.165) is 0 Å². The number of nitrogens with zero attached hydrogens (tertiary/aromatic N) is 1. The van der Waals surface area contributed by atoms with Gasteiger partial charge in [0, 0.05) is 23.9 Å². The van der Waals surface area contributed by atoms with Crippen LogP contribution in [0, 0.1) is 10.1 Å². The van der Waals surface area contributed by atoms with Gasteiger partial charge in [0.1, 0.15) is 0 Å². The molecule has 0 unspecified atom stereocenters. The molecule has 1 amide bonds. The Hall–Kier alpha value is -3.48. The van der Waals surface area contributed by atoms with Crippen molar-refractivity contribution in [3.8, 4) is 0 Å². The molecule has 0 aromatic heterocycles. The lowest BCUT2D eigenvalue weighted by Gasteiger charge is -2.03. The fourth-order valence-corrected chi connectivity index (χ4v) is 1.83. The van der Waals surface area contributed by atoms with Gasteiger partial charge in [-0.2, -0.15) is 0 Å². The molecule has 2 aromatic carbocycles. The summed E-state index contributed by atoms with van der Waals surface area (Å²) in [5, 5.41) is 22.1. The van der Waals surface area contributed by atoms with Gasteiger partial charge in [-0.05, 0) is 29.8 Å². The first-order valence-corrected chi connectivity index (χ1v) is 6.52. The predicted octanol–water partition coefficient (Wildman–Crippen LogP) is 2.94. The second-order valence-corrected chi connectivity index (χ2v) is 4.56. The number of nitro benzene ring substituents is 1. The summed E-state index contributed by atoms with van der Waals surface area (Å²) in [5.41, 5.74) is 0.847. The van der Waals surface area contributed by atoms with Crippen LogP contribution in [0.2, 0.25) is 0 Å². The summed E-state index contributed by atoms with van der Waals surface area (Å²) in [6.45, 7) is 0. The minimum atomic E-state index is -1.09. The lowest BCUT2D eigenvalue weighted by atomic mass is 10.2. The number of hydrogen-bond donors (Lipinski definition) is 2. The van der Waals surface area contributed by atoms with Crippen LogP contribution in [0.3, 0.4) is 0 Å². The highest BCUT2D eigenvalue weighted by molar-refractivity contribution is 6.02. The molecule has 116 valence electrons. The lowest BCUT2D eigenvalue weighted by Crippen LogP contribution is -2.08.